The molecule has 0 aromatic carbocycles. The Hall–Kier alpha value is -0.926. The van der Waals surface area contributed by atoms with E-state index >= 15 is 0 Å². The Kier molecular flexibility index (Phi) is 5.57. The molecule has 170 valence electrons. The summed E-state index contributed by atoms with van der Waals surface area (Å²) >= 11 is 0. The molecule has 1 heterocycles. The van der Waals surface area contributed by atoms with Gasteiger partial charge in [-0.25, -0.2) is 0 Å². The molecule has 1 aliphatic heterocycles. The third-order valence-electron chi connectivity index (χ3n) is 8.68. The number of likely N-dealkylation sites (tertiary alicyclic amines) is 1. The van der Waals surface area contributed by atoms with Gasteiger partial charge < -0.3 is 8.85 Å². The Bertz CT molecular complexity index is 775. The van der Waals surface area contributed by atoms with Crippen LogP contribution in [0, 0.1) is 29.6 Å². The maximum atomic E-state index is 13.0. The van der Waals surface area contributed by atoms with Gasteiger partial charge in [-0.1, -0.05) is 41.5 Å². The van der Waals surface area contributed by atoms with E-state index in [4.69, 9.17) is 8.85 Å². The Morgan fingerprint density at radius 1 is 0.867 bits per heavy atom. The highest BCUT2D eigenvalue weighted by molar-refractivity contribution is 6.74. The Balaban J connectivity index is 1.90. The first-order valence-corrected chi connectivity index (χ1v) is 17.1. The number of carbonyl (C=O) groups is 2. The van der Waals surface area contributed by atoms with Gasteiger partial charge in [0.05, 0.1) is 17.6 Å². The molecule has 2 aliphatic carbocycles. The van der Waals surface area contributed by atoms with Crippen molar-refractivity contribution >= 4 is 28.4 Å². The molecule has 2 fully saturated rings. The first-order valence-electron chi connectivity index (χ1n) is 11.3. The van der Waals surface area contributed by atoms with Crippen LogP contribution in [-0.2, 0) is 18.4 Å². The van der Waals surface area contributed by atoms with Crippen molar-refractivity contribution in [2.24, 2.45) is 29.6 Å². The quantitative estimate of drug-likeness (QED) is 0.435. The third-order valence-corrected chi connectivity index (χ3v) is 17.5. The van der Waals surface area contributed by atoms with Crippen LogP contribution in [-0.4, -0.2) is 47.0 Å². The normalized spacial score (nSPS) is 32.0. The molecule has 0 N–H and O–H groups in total. The van der Waals surface area contributed by atoms with E-state index in [-0.39, 0.29) is 51.5 Å². The summed E-state index contributed by atoms with van der Waals surface area (Å²) in [6.07, 6.45) is 2.18. The fraction of sp³-hybridized carbons (Fsp3) is 0.826. The molecule has 5 nitrogen and oxygen atoms in total. The Morgan fingerprint density at radius 3 is 1.87 bits per heavy atom. The van der Waals surface area contributed by atoms with Crippen LogP contribution < -0.4 is 0 Å². The van der Waals surface area contributed by atoms with E-state index in [0.29, 0.717) is 6.61 Å². The summed E-state index contributed by atoms with van der Waals surface area (Å²) in [6, 6.07) is 0. The molecule has 0 spiro atoms. The van der Waals surface area contributed by atoms with Crippen LogP contribution >= 0.6 is 0 Å². The topological polar surface area (TPSA) is 55.8 Å². The number of fused-ring (bicyclic) bond motifs is 5. The second-order valence-electron chi connectivity index (χ2n) is 12.6. The fourth-order valence-electron chi connectivity index (χ4n) is 4.62. The fourth-order valence-corrected chi connectivity index (χ4v) is 6.76. The monoisotopic (exact) mass is 451 g/mol. The number of nitrogens with zero attached hydrogens (tertiary/aromatic N) is 1. The minimum absolute atomic E-state index is 0.0301. The Labute approximate surface area is 184 Å². The predicted molar refractivity (Wildman–Crippen MR) is 125 cm³/mol. The summed E-state index contributed by atoms with van der Waals surface area (Å²) in [4.78, 5) is 27.2. The van der Waals surface area contributed by atoms with Gasteiger partial charge in [-0.2, -0.15) is 0 Å². The molecule has 2 amide bonds. The van der Waals surface area contributed by atoms with Gasteiger partial charge in [-0.15, -0.1) is 0 Å². The van der Waals surface area contributed by atoms with E-state index in [9.17, 15) is 9.59 Å². The number of imide groups is 1. The largest absolute Gasteiger partial charge is 0.546 e. The summed E-state index contributed by atoms with van der Waals surface area (Å²) in [5.74, 6) is 0.490. The lowest BCUT2D eigenvalue weighted by molar-refractivity contribution is -0.139. The summed E-state index contributed by atoms with van der Waals surface area (Å²) < 4.78 is 13.3. The van der Waals surface area contributed by atoms with Crippen LogP contribution in [0.25, 0.3) is 0 Å². The number of hydrogen-bond donors (Lipinski definition) is 0. The summed E-state index contributed by atoms with van der Waals surface area (Å²) in [5, 5.41) is 0.203. The summed E-state index contributed by atoms with van der Waals surface area (Å²) in [6.45, 7) is 23.0. The molecule has 0 unspecified atom stereocenters. The van der Waals surface area contributed by atoms with Crippen molar-refractivity contribution in [2.75, 3.05) is 13.7 Å². The molecule has 0 aromatic rings. The zero-order chi connectivity index (χ0) is 23.0. The smallest absolute Gasteiger partial charge is 0.250 e. The standard InChI is InChI=1S/C23H41NO4Si2/c1-22(2,3)29(8,9)27-13-15-14-12-16(28-30(10,11)23(4,5)6)17(15)19-18(14)20(25)24(7)21(19)26/h12,14-15,17-19H,13H2,1-11H3/t14-,15+,17-,18-,19+/m0/s1. The second-order valence-corrected chi connectivity index (χ2v) is 22.1. The van der Waals surface area contributed by atoms with Crippen molar-refractivity contribution in [3.63, 3.8) is 0 Å². The van der Waals surface area contributed by atoms with Crippen molar-refractivity contribution in [2.45, 2.75) is 77.8 Å². The SMILES string of the molecule is CN1C(=O)[C@@H]2[C@@H]3C(O[Si](C)(C)C(C)(C)C)=C[C@@H]([C@H]3CO[Si](C)(C)C(C)(C)C)[C@@H]2C1=O. The van der Waals surface area contributed by atoms with Crippen molar-refractivity contribution in [1.29, 1.82) is 0 Å². The van der Waals surface area contributed by atoms with E-state index < -0.39 is 16.6 Å². The molecule has 5 atom stereocenters. The molecular formula is C23H41NO4Si2. The van der Waals surface area contributed by atoms with Crippen molar-refractivity contribution in [3.05, 3.63) is 11.8 Å². The lowest BCUT2D eigenvalue weighted by atomic mass is 9.84. The molecule has 3 aliphatic rings. The second kappa shape index (κ2) is 7.04. The molecule has 3 rings (SSSR count). The first-order chi connectivity index (χ1) is 13.4. The average molecular weight is 452 g/mol. The van der Waals surface area contributed by atoms with Gasteiger partial charge in [0.2, 0.25) is 20.1 Å². The predicted octanol–water partition coefficient (Wildman–Crippen LogP) is 5.02. The molecule has 2 bridgehead atoms. The lowest BCUT2D eigenvalue weighted by Crippen LogP contribution is -2.44. The molecular weight excluding hydrogens is 410 g/mol. The molecule has 30 heavy (non-hydrogen) atoms. The number of carbonyl (C=O) groups excluding carboxylic acids is 2. The van der Waals surface area contributed by atoms with Crippen LogP contribution in [0.5, 0.6) is 0 Å². The van der Waals surface area contributed by atoms with Crippen LogP contribution in [0.3, 0.4) is 0 Å². The van der Waals surface area contributed by atoms with Crippen LogP contribution in [0.2, 0.25) is 36.3 Å². The van der Waals surface area contributed by atoms with Crippen LogP contribution in [0.4, 0.5) is 0 Å². The summed E-state index contributed by atoms with van der Waals surface area (Å²) in [7, 11) is -2.34. The Morgan fingerprint density at radius 2 is 1.37 bits per heavy atom. The highest BCUT2D eigenvalue weighted by atomic mass is 28.4. The van der Waals surface area contributed by atoms with E-state index in [1.54, 1.807) is 7.05 Å². The maximum Gasteiger partial charge on any atom is 0.250 e. The number of allylic oxidation sites excluding steroid dienone is 2. The minimum Gasteiger partial charge on any atom is -0.546 e. The number of rotatable bonds is 5. The van der Waals surface area contributed by atoms with Crippen LogP contribution in [0.1, 0.15) is 41.5 Å². The first kappa shape index (κ1) is 23.7. The van der Waals surface area contributed by atoms with E-state index in [1.807, 2.05) is 0 Å². The van der Waals surface area contributed by atoms with Crippen molar-refractivity contribution < 1.29 is 18.4 Å². The van der Waals surface area contributed by atoms with Gasteiger partial charge in [0.25, 0.3) is 0 Å². The lowest BCUT2D eigenvalue weighted by Gasteiger charge is -2.40. The van der Waals surface area contributed by atoms with Gasteiger partial charge in [0.1, 0.15) is 0 Å². The average Bonchev–Trinajstić information content (AvgIpc) is 3.13. The number of hydrogen-bond acceptors (Lipinski definition) is 4. The van der Waals surface area contributed by atoms with Gasteiger partial charge in [-0.05, 0) is 54.2 Å². The number of amides is 2. The van der Waals surface area contributed by atoms with Gasteiger partial charge >= 0.3 is 0 Å². The zero-order valence-corrected chi connectivity index (χ0v) is 22.8. The van der Waals surface area contributed by atoms with Gasteiger partial charge in [-0.3, -0.25) is 14.5 Å². The third kappa shape index (κ3) is 3.54. The highest BCUT2D eigenvalue weighted by Crippen LogP contribution is 2.60. The van der Waals surface area contributed by atoms with E-state index in [2.05, 4.69) is 73.8 Å². The molecule has 0 radical (unpaired) electrons. The molecule has 1 saturated heterocycles. The highest BCUT2D eigenvalue weighted by Gasteiger charge is 2.66. The minimum atomic E-state index is -2.04. The van der Waals surface area contributed by atoms with Crippen molar-refractivity contribution in [1.82, 2.24) is 4.90 Å². The van der Waals surface area contributed by atoms with Gasteiger partial charge in [0.15, 0.2) is 8.32 Å². The van der Waals surface area contributed by atoms with E-state index in [0.717, 1.165) is 5.76 Å². The zero-order valence-electron chi connectivity index (χ0n) is 20.8. The molecule has 1 saturated carbocycles. The molecule has 0 aromatic heterocycles. The van der Waals surface area contributed by atoms with Crippen molar-refractivity contribution in [3.8, 4) is 0 Å². The van der Waals surface area contributed by atoms with Gasteiger partial charge in [0, 0.05) is 19.6 Å². The summed E-state index contributed by atoms with van der Waals surface area (Å²) in [5.41, 5.74) is 0. The van der Waals surface area contributed by atoms with E-state index in [1.165, 1.54) is 4.90 Å². The van der Waals surface area contributed by atoms with Crippen LogP contribution in [0.15, 0.2) is 11.8 Å². The molecule has 7 heteroatoms. The maximum absolute atomic E-state index is 13.0.